The van der Waals surface area contributed by atoms with Crippen molar-refractivity contribution in [2.75, 3.05) is 9.80 Å². The van der Waals surface area contributed by atoms with E-state index >= 15 is 0 Å². The number of anilines is 2. The number of rotatable bonds is 6. The molecule has 3 aromatic carbocycles. The first kappa shape index (κ1) is 22.0. The van der Waals surface area contributed by atoms with E-state index in [4.69, 9.17) is 4.98 Å². The highest BCUT2D eigenvalue weighted by molar-refractivity contribution is 7.22. The molecule has 1 aromatic heterocycles. The molecule has 0 unspecified atom stereocenters. The standard InChI is InChI=1S/C27H23N3O3S/c1-2-19-10-7-13-22-25(19)28-27(34-22)29(17-18-8-4-3-5-9-18)26(33)20-11-6-12-21(16-20)30-23(31)14-15-24(30)32/h3-13,16H,2,14-15,17H2,1H3. The molecule has 1 aliphatic rings. The zero-order chi connectivity index (χ0) is 23.7. The number of carbonyl (C=O) groups excluding carboxylic acids is 3. The highest BCUT2D eigenvalue weighted by atomic mass is 32.1. The molecule has 0 saturated carbocycles. The lowest BCUT2D eigenvalue weighted by Crippen LogP contribution is -2.31. The van der Waals surface area contributed by atoms with E-state index in [-0.39, 0.29) is 30.6 Å². The van der Waals surface area contributed by atoms with Crippen LogP contribution in [0.2, 0.25) is 0 Å². The van der Waals surface area contributed by atoms with Gasteiger partial charge in [-0.25, -0.2) is 4.98 Å². The Morgan fingerprint density at radius 3 is 2.44 bits per heavy atom. The number of hydrogen-bond acceptors (Lipinski definition) is 5. The number of nitrogens with zero attached hydrogens (tertiary/aromatic N) is 3. The summed E-state index contributed by atoms with van der Waals surface area (Å²) in [5, 5.41) is 0.614. The molecule has 1 fully saturated rings. The third kappa shape index (κ3) is 4.10. The predicted octanol–water partition coefficient (Wildman–Crippen LogP) is 5.36. The number of amides is 3. The first-order valence-corrected chi connectivity index (χ1v) is 12.1. The van der Waals surface area contributed by atoms with Gasteiger partial charge in [0.15, 0.2) is 5.13 Å². The van der Waals surface area contributed by atoms with Crippen molar-refractivity contribution in [2.45, 2.75) is 32.7 Å². The zero-order valence-electron chi connectivity index (χ0n) is 18.7. The quantitative estimate of drug-likeness (QED) is 0.357. The Kier molecular flexibility index (Phi) is 5.94. The second-order valence-electron chi connectivity index (χ2n) is 8.16. The number of aryl methyl sites for hydroxylation is 1. The summed E-state index contributed by atoms with van der Waals surface area (Å²) in [6.45, 7) is 2.44. The smallest absolute Gasteiger partial charge is 0.260 e. The van der Waals surface area contributed by atoms with E-state index in [1.165, 1.54) is 16.2 Å². The molecular weight excluding hydrogens is 446 g/mol. The Morgan fingerprint density at radius 2 is 1.71 bits per heavy atom. The van der Waals surface area contributed by atoms with Crippen molar-refractivity contribution >= 4 is 50.1 Å². The third-order valence-electron chi connectivity index (χ3n) is 5.93. The van der Waals surface area contributed by atoms with E-state index in [9.17, 15) is 14.4 Å². The van der Waals surface area contributed by atoms with E-state index in [1.807, 2.05) is 42.5 Å². The average Bonchev–Trinajstić information content (AvgIpc) is 3.45. The van der Waals surface area contributed by atoms with Gasteiger partial charge in [0.25, 0.3) is 5.91 Å². The topological polar surface area (TPSA) is 70.6 Å². The summed E-state index contributed by atoms with van der Waals surface area (Å²) in [4.78, 5) is 46.0. The van der Waals surface area contributed by atoms with Crippen LogP contribution >= 0.6 is 11.3 Å². The maximum absolute atomic E-state index is 13.8. The third-order valence-corrected chi connectivity index (χ3v) is 6.98. The molecule has 170 valence electrons. The van der Waals surface area contributed by atoms with Crippen LogP contribution in [0.3, 0.4) is 0 Å². The van der Waals surface area contributed by atoms with Crippen LogP contribution in [-0.2, 0) is 22.6 Å². The molecule has 34 heavy (non-hydrogen) atoms. The fourth-order valence-electron chi connectivity index (χ4n) is 4.19. The SMILES string of the molecule is CCc1cccc2sc(N(Cc3ccccc3)C(=O)c3cccc(N4C(=O)CCC4=O)c3)nc12. The van der Waals surface area contributed by atoms with Crippen molar-refractivity contribution in [3.05, 3.63) is 89.5 Å². The van der Waals surface area contributed by atoms with Gasteiger partial charge >= 0.3 is 0 Å². The van der Waals surface area contributed by atoms with Crippen LogP contribution in [0.25, 0.3) is 10.2 Å². The highest BCUT2D eigenvalue weighted by Crippen LogP contribution is 2.33. The fraction of sp³-hybridized carbons (Fsp3) is 0.185. The van der Waals surface area contributed by atoms with Gasteiger partial charge < -0.3 is 0 Å². The molecule has 4 aromatic rings. The molecule has 0 spiro atoms. The van der Waals surface area contributed by atoms with E-state index in [0.717, 1.165) is 27.8 Å². The minimum Gasteiger partial charge on any atom is -0.279 e. The summed E-state index contributed by atoms with van der Waals surface area (Å²) in [7, 11) is 0. The summed E-state index contributed by atoms with van der Waals surface area (Å²) in [5.41, 5.74) is 3.86. The van der Waals surface area contributed by atoms with Gasteiger partial charge in [0.2, 0.25) is 11.8 Å². The fourth-order valence-corrected chi connectivity index (χ4v) is 5.20. The molecule has 7 heteroatoms. The van der Waals surface area contributed by atoms with Gasteiger partial charge in [-0.2, -0.15) is 0 Å². The van der Waals surface area contributed by atoms with E-state index < -0.39 is 0 Å². The lowest BCUT2D eigenvalue weighted by molar-refractivity contribution is -0.121. The molecule has 6 nitrogen and oxygen atoms in total. The van der Waals surface area contributed by atoms with Gasteiger partial charge in [0.05, 0.1) is 22.4 Å². The average molecular weight is 470 g/mol. The lowest BCUT2D eigenvalue weighted by atomic mass is 10.1. The molecule has 0 atom stereocenters. The van der Waals surface area contributed by atoms with Crippen LogP contribution in [-0.4, -0.2) is 22.7 Å². The first-order chi connectivity index (χ1) is 16.5. The molecule has 0 N–H and O–H groups in total. The van der Waals surface area contributed by atoms with E-state index in [0.29, 0.717) is 22.9 Å². The van der Waals surface area contributed by atoms with Gasteiger partial charge in [0.1, 0.15) is 0 Å². The number of hydrogen-bond donors (Lipinski definition) is 0. The predicted molar refractivity (Wildman–Crippen MR) is 134 cm³/mol. The first-order valence-electron chi connectivity index (χ1n) is 11.2. The van der Waals surface area contributed by atoms with Crippen LogP contribution < -0.4 is 9.80 Å². The molecule has 0 bridgehead atoms. The Hall–Kier alpha value is -3.84. The number of para-hydroxylation sites is 1. The summed E-state index contributed by atoms with van der Waals surface area (Å²) < 4.78 is 1.03. The zero-order valence-corrected chi connectivity index (χ0v) is 19.5. The monoisotopic (exact) mass is 469 g/mol. The van der Waals surface area contributed by atoms with Crippen molar-refractivity contribution in [3.8, 4) is 0 Å². The molecule has 0 aliphatic carbocycles. The van der Waals surface area contributed by atoms with Gasteiger partial charge in [0, 0.05) is 18.4 Å². The van der Waals surface area contributed by atoms with Gasteiger partial charge in [-0.15, -0.1) is 0 Å². The second kappa shape index (κ2) is 9.19. The number of fused-ring (bicyclic) bond motifs is 1. The van der Waals surface area contributed by atoms with Gasteiger partial charge in [-0.3, -0.25) is 24.2 Å². The van der Waals surface area contributed by atoms with Crippen LogP contribution in [0, 0.1) is 0 Å². The van der Waals surface area contributed by atoms with Crippen molar-refractivity contribution < 1.29 is 14.4 Å². The van der Waals surface area contributed by atoms with Crippen LogP contribution in [0.5, 0.6) is 0 Å². The molecule has 1 aliphatic heterocycles. The Labute approximate surface area is 201 Å². The molecule has 1 saturated heterocycles. The number of aromatic nitrogens is 1. The lowest BCUT2D eigenvalue weighted by Gasteiger charge is -2.21. The minimum absolute atomic E-state index is 0.197. The van der Waals surface area contributed by atoms with Crippen LogP contribution in [0.15, 0.2) is 72.8 Å². The van der Waals surface area contributed by atoms with Gasteiger partial charge in [-0.05, 0) is 41.8 Å². The highest BCUT2D eigenvalue weighted by Gasteiger charge is 2.31. The van der Waals surface area contributed by atoms with Crippen LogP contribution in [0.1, 0.15) is 41.3 Å². The number of imide groups is 1. The largest absolute Gasteiger partial charge is 0.279 e. The Morgan fingerprint density at radius 1 is 0.971 bits per heavy atom. The second-order valence-corrected chi connectivity index (χ2v) is 9.17. The van der Waals surface area contributed by atoms with E-state index in [1.54, 1.807) is 29.2 Å². The maximum atomic E-state index is 13.8. The Bertz CT molecular complexity index is 1380. The molecule has 5 rings (SSSR count). The van der Waals surface area contributed by atoms with Gasteiger partial charge in [-0.1, -0.05) is 66.8 Å². The number of thiazole rings is 1. The summed E-state index contributed by atoms with van der Waals surface area (Å²) in [5.74, 6) is -0.718. The van der Waals surface area contributed by atoms with Crippen molar-refractivity contribution in [1.82, 2.24) is 4.98 Å². The summed E-state index contributed by atoms with van der Waals surface area (Å²) >= 11 is 1.48. The summed E-state index contributed by atoms with van der Waals surface area (Å²) in [6.07, 6.45) is 1.25. The number of carbonyl (C=O) groups is 3. The maximum Gasteiger partial charge on any atom is 0.260 e. The normalized spacial score (nSPS) is 13.6. The van der Waals surface area contributed by atoms with Crippen molar-refractivity contribution in [3.63, 3.8) is 0 Å². The van der Waals surface area contributed by atoms with Crippen LogP contribution in [0.4, 0.5) is 10.8 Å². The molecule has 3 amide bonds. The minimum atomic E-state index is -0.242. The van der Waals surface area contributed by atoms with Crippen molar-refractivity contribution in [1.29, 1.82) is 0 Å². The molecular formula is C27H23N3O3S. The van der Waals surface area contributed by atoms with Crippen molar-refractivity contribution in [2.24, 2.45) is 0 Å². The number of benzene rings is 3. The van der Waals surface area contributed by atoms with E-state index in [2.05, 4.69) is 13.0 Å². The molecule has 2 heterocycles. The molecule has 0 radical (unpaired) electrons. The Balaban J connectivity index is 1.56. The summed E-state index contributed by atoms with van der Waals surface area (Å²) in [6, 6.07) is 22.6.